The van der Waals surface area contributed by atoms with Gasteiger partial charge in [-0.3, -0.25) is 4.57 Å². The molecular formula is C14H15Cl2N3O2. The molecule has 2 aromatic rings. The number of halogens is 2. The van der Waals surface area contributed by atoms with E-state index in [0.717, 1.165) is 18.7 Å². The second-order valence-electron chi connectivity index (χ2n) is 4.40. The zero-order valence-electron chi connectivity index (χ0n) is 11.8. The average Bonchev–Trinajstić information content (AvgIpc) is 2.89. The summed E-state index contributed by atoms with van der Waals surface area (Å²) in [7, 11) is 1.33. The van der Waals surface area contributed by atoms with Crippen LogP contribution in [0.5, 0.6) is 0 Å². The van der Waals surface area contributed by atoms with Gasteiger partial charge in [0, 0.05) is 11.4 Å². The number of ether oxygens (including phenoxy) is 1. The van der Waals surface area contributed by atoms with E-state index in [4.69, 9.17) is 27.9 Å². The second-order valence-corrected chi connectivity index (χ2v) is 5.11. The first-order valence-corrected chi connectivity index (χ1v) is 7.41. The van der Waals surface area contributed by atoms with E-state index in [2.05, 4.69) is 10.2 Å². The number of rotatable bonds is 5. The lowest BCUT2D eigenvalue weighted by atomic mass is 10.1. The maximum atomic E-state index is 12.0. The van der Waals surface area contributed by atoms with E-state index in [1.165, 1.54) is 7.11 Å². The molecule has 112 valence electrons. The van der Waals surface area contributed by atoms with E-state index in [9.17, 15) is 4.79 Å². The van der Waals surface area contributed by atoms with Crippen molar-refractivity contribution >= 4 is 29.2 Å². The van der Waals surface area contributed by atoms with Crippen molar-refractivity contribution in [3.8, 4) is 5.69 Å². The number of methoxy groups -OCH3 is 1. The summed E-state index contributed by atoms with van der Waals surface area (Å²) in [6, 6.07) is 5.01. The van der Waals surface area contributed by atoms with Crippen LogP contribution in [0.4, 0.5) is 0 Å². The van der Waals surface area contributed by atoms with Crippen LogP contribution in [0.2, 0.25) is 5.02 Å². The van der Waals surface area contributed by atoms with E-state index < -0.39 is 5.97 Å². The average molecular weight is 328 g/mol. The number of nitrogens with zero attached hydrogens (tertiary/aromatic N) is 3. The summed E-state index contributed by atoms with van der Waals surface area (Å²) in [5.41, 5.74) is 0.976. The summed E-state index contributed by atoms with van der Waals surface area (Å²) in [6.45, 7) is 2.04. The summed E-state index contributed by atoms with van der Waals surface area (Å²) in [6.07, 6.45) is 1.63. The number of carbonyl (C=O) groups is 1. The van der Waals surface area contributed by atoms with Crippen molar-refractivity contribution in [1.29, 1.82) is 0 Å². The molecule has 21 heavy (non-hydrogen) atoms. The van der Waals surface area contributed by atoms with Gasteiger partial charge in [0.15, 0.2) is 5.82 Å². The molecule has 0 aliphatic rings. The summed E-state index contributed by atoms with van der Waals surface area (Å²) < 4.78 is 6.61. The third-order valence-electron chi connectivity index (χ3n) is 3.00. The highest BCUT2D eigenvalue weighted by Gasteiger charge is 2.19. The smallest absolute Gasteiger partial charge is 0.340 e. The molecule has 0 atom stereocenters. The number of esters is 1. The summed E-state index contributed by atoms with van der Waals surface area (Å²) in [5.74, 6) is 1.05. The van der Waals surface area contributed by atoms with Crippen molar-refractivity contribution in [2.45, 2.75) is 25.6 Å². The molecule has 0 aliphatic carbocycles. The fraction of sp³-hybridized carbons (Fsp3) is 0.357. The Morgan fingerprint density at radius 2 is 2.05 bits per heavy atom. The number of hydrogen-bond acceptors (Lipinski definition) is 4. The number of hydrogen-bond donors (Lipinski definition) is 0. The zero-order valence-corrected chi connectivity index (χ0v) is 13.3. The van der Waals surface area contributed by atoms with Gasteiger partial charge < -0.3 is 4.74 Å². The van der Waals surface area contributed by atoms with Crippen LogP contribution in [-0.2, 0) is 17.0 Å². The first-order chi connectivity index (χ1) is 10.1. The van der Waals surface area contributed by atoms with Crippen molar-refractivity contribution in [1.82, 2.24) is 14.8 Å². The first kappa shape index (κ1) is 15.8. The predicted molar refractivity (Wildman–Crippen MR) is 81.3 cm³/mol. The number of carbonyl (C=O) groups excluding carboxylic acids is 1. The van der Waals surface area contributed by atoms with Crippen LogP contribution < -0.4 is 0 Å². The molecule has 0 radical (unpaired) electrons. The minimum Gasteiger partial charge on any atom is -0.465 e. The maximum absolute atomic E-state index is 12.0. The quantitative estimate of drug-likeness (QED) is 0.623. The molecule has 0 saturated carbocycles. The Labute approximate surface area is 132 Å². The molecule has 0 amide bonds. The van der Waals surface area contributed by atoms with Crippen molar-refractivity contribution in [2.24, 2.45) is 0 Å². The van der Waals surface area contributed by atoms with Crippen LogP contribution in [0.3, 0.4) is 0 Å². The molecule has 0 bridgehead atoms. The van der Waals surface area contributed by atoms with Crippen LogP contribution in [0.25, 0.3) is 5.69 Å². The molecule has 5 nitrogen and oxygen atoms in total. The largest absolute Gasteiger partial charge is 0.465 e. The maximum Gasteiger partial charge on any atom is 0.340 e. The van der Waals surface area contributed by atoms with Crippen molar-refractivity contribution in [3.05, 3.63) is 40.4 Å². The Hall–Kier alpha value is -1.59. The van der Waals surface area contributed by atoms with Crippen LogP contribution in [0.15, 0.2) is 18.2 Å². The Morgan fingerprint density at radius 1 is 1.33 bits per heavy atom. The Morgan fingerprint density at radius 3 is 2.67 bits per heavy atom. The molecule has 0 fully saturated rings. The first-order valence-electron chi connectivity index (χ1n) is 6.49. The second kappa shape index (κ2) is 6.91. The third-order valence-corrected chi connectivity index (χ3v) is 3.47. The Balaban J connectivity index is 2.66. The minimum atomic E-state index is -0.468. The third kappa shape index (κ3) is 3.19. The van der Waals surface area contributed by atoms with Crippen LogP contribution in [-0.4, -0.2) is 27.8 Å². The Bertz CT molecular complexity index is 656. The lowest BCUT2D eigenvalue weighted by Gasteiger charge is -2.13. The van der Waals surface area contributed by atoms with Gasteiger partial charge in [0.1, 0.15) is 5.82 Å². The molecule has 2 rings (SSSR count). The van der Waals surface area contributed by atoms with Gasteiger partial charge in [0.05, 0.1) is 24.2 Å². The number of alkyl halides is 1. The van der Waals surface area contributed by atoms with Gasteiger partial charge in [-0.2, -0.15) is 0 Å². The van der Waals surface area contributed by atoms with E-state index in [-0.39, 0.29) is 5.88 Å². The molecule has 1 aromatic heterocycles. The molecule has 0 spiro atoms. The fourth-order valence-electron chi connectivity index (χ4n) is 2.08. The summed E-state index contributed by atoms with van der Waals surface area (Å²) in [4.78, 5) is 12.0. The molecule has 0 unspecified atom stereocenters. The van der Waals surface area contributed by atoms with Gasteiger partial charge in [-0.1, -0.05) is 18.5 Å². The van der Waals surface area contributed by atoms with Gasteiger partial charge in [-0.25, -0.2) is 4.79 Å². The monoisotopic (exact) mass is 327 g/mol. The highest BCUT2D eigenvalue weighted by molar-refractivity contribution is 6.31. The zero-order chi connectivity index (χ0) is 15.4. The topological polar surface area (TPSA) is 57.0 Å². The van der Waals surface area contributed by atoms with Gasteiger partial charge in [-0.05, 0) is 24.6 Å². The summed E-state index contributed by atoms with van der Waals surface area (Å²) >= 11 is 11.9. The van der Waals surface area contributed by atoms with Gasteiger partial charge in [0.25, 0.3) is 0 Å². The highest BCUT2D eigenvalue weighted by atomic mass is 35.5. The minimum absolute atomic E-state index is 0.194. The van der Waals surface area contributed by atoms with E-state index in [1.807, 2.05) is 6.92 Å². The molecule has 7 heteroatoms. The van der Waals surface area contributed by atoms with Gasteiger partial charge in [-0.15, -0.1) is 21.8 Å². The van der Waals surface area contributed by atoms with Crippen molar-refractivity contribution < 1.29 is 9.53 Å². The molecule has 1 aromatic carbocycles. The number of aryl methyl sites for hydroxylation is 1. The fourth-order valence-corrected chi connectivity index (χ4v) is 2.43. The predicted octanol–water partition coefficient (Wildman–Crippen LogP) is 3.40. The summed E-state index contributed by atoms with van der Waals surface area (Å²) in [5, 5.41) is 8.67. The van der Waals surface area contributed by atoms with E-state index >= 15 is 0 Å². The van der Waals surface area contributed by atoms with Crippen LogP contribution in [0.1, 0.15) is 35.4 Å². The molecular weight excluding hydrogens is 313 g/mol. The van der Waals surface area contributed by atoms with E-state index in [1.54, 1.807) is 22.8 Å². The van der Waals surface area contributed by atoms with Crippen molar-refractivity contribution in [2.75, 3.05) is 7.11 Å². The number of aromatic nitrogens is 3. The standard InChI is InChI=1S/C14H15Cl2N3O2/c1-3-4-12-17-18-13(8-15)19(12)11-6-5-9(16)7-10(11)14(20)21-2/h5-7H,3-4,8H2,1-2H3. The molecule has 0 saturated heterocycles. The normalized spacial score (nSPS) is 10.7. The molecule has 0 N–H and O–H groups in total. The highest BCUT2D eigenvalue weighted by Crippen LogP contribution is 2.24. The van der Waals surface area contributed by atoms with Crippen LogP contribution >= 0.6 is 23.2 Å². The van der Waals surface area contributed by atoms with Gasteiger partial charge >= 0.3 is 5.97 Å². The lowest BCUT2D eigenvalue weighted by Crippen LogP contribution is -2.12. The number of benzene rings is 1. The van der Waals surface area contributed by atoms with Gasteiger partial charge in [0.2, 0.25) is 0 Å². The Kier molecular flexibility index (Phi) is 5.20. The molecule has 1 heterocycles. The molecule has 0 aliphatic heterocycles. The van der Waals surface area contributed by atoms with E-state index in [0.29, 0.717) is 22.1 Å². The van der Waals surface area contributed by atoms with Crippen LogP contribution in [0, 0.1) is 0 Å². The van der Waals surface area contributed by atoms with Crippen molar-refractivity contribution in [3.63, 3.8) is 0 Å². The lowest BCUT2D eigenvalue weighted by molar-refractivity contribution is 0.0600. The SMILES string of the molecule is CCCc1nnc(CCl)n1-c1ccc(Cl)cc1C(=O)OC.